The second kappa shape index (κ2) is 11.2. The Kier molecular flexibility index (Phi) is 8.69. The molecule has 1 aliphatic rings. The van der Waals surface area contributed by atoms with Gasteiger partial charge in [0.2, 0.25) is 17.7 Å². The lowest BCUT2D eigenvalue weighted by Crippen LogP contribution is -2.54. The summed E-state index contributed by atoms with van der Waals surface area (Å²) in [4.78, 5) is 61.5. The van der Waals surface area contributed by atoms with Gasteiger partial charge in [-0.2, -0.15) is 0 Å². The molecule has 1 aromatic rings. The average Bonchev–Trinajstić information content (AvgIpc) is 3.07. The first-order valence-electron chi connectivity index (χ1n) is 10.7. The van der Waals surface area contributed by atoms with E-state index in [-0.39, 0.29) is 24.8 Å². The number of aryl methyl sites for hydroxylation is 1. The molecule has 0 fully saturated rings. The number of anilines is 1. The predicted molar refractivity (Wildman–Crippen MR) is 119 cm³/mol. The van der Waals surface area contributed by atoms with Gasteiger partial charge in [0.15, 0.2) is 0 Å². The second-order valence-corrected chi connectivity index (χ2v) is 7.97. The third-order valence-electron chi connectivity index (χ3n) is 5.11. The number of carbonyl (C=O) groups excluding carboxylic acids is 5. The monoisotopic (exact) mass is 442 g/mol. The van der Waals surface area contributed by atoms with Crippen molar-refractivity contribution < 1.29 is 24.0 Å². The van der Waals surface area contributed by atoms with Crippen LogP contribution in [0.5, 0.6) is 0 Å². The van der Waals surface area contributed by atoms with E-state index in [2.05, 4.69) is 16.0 Å². The number of nitrogens with one attached hydrogen (secondary N) is 3. The van der Waals surface area contributed by atoms with Crippen molar-refractivity contribution in [2.45, 2.75) is 52.6 Å². The summed E-state index contributed by atoms with van der Waals surface area (Å²) in [5.41, 5.74) is 1.78. The summed E-state index contributed by atoms with van der Waals surface area (Å²) in [5.74, 6) is -2.52. The molecule has 0 bridgehead atoms. The first kappa shape index (κ1) is 24.8. The van der Waals surface area contributed by atoms with Crippen molar-refractivity contribution in [3.8, 4) is 0 Å². The molecule has 9 nitrogen and oxygen atoms in total. The molecule has 2 atom stereocenters. The summed E-state index contributed by atoms with van der Waals surface area (Å²) in [5, 5.41) is 8.00. The number of amides is 5. The van der Waals surface area contributed by atoms with Crippen LogP contribution in [0.1, 0.15) is 39.7 Å². The van der Waals surface area contributed by atoms with Crippen molar-refractivity contribution in [3.05, 3.63) is 42.0 Å². The molecule has 1 heterocycles. The summed E-state index contributed by atoms with van der Waals surface area (Å²) in [6.45, 7) is 7.06. The van der Waals surface area contributed by atoms with E-state index in [1.807, 2.05) is 19.1 Å². The minimum atomic E-state index is -0.871. The van der Waals surface area contributed by atoms with Crippen LogP contribution in [-0.4, -0.2) is 53.1 Å². The zero-order chi connectivity index (χ0) is 23.8. The van der Waals surface area contributed by atoms with Gasteiger partial charge in [-0.1, -0.05) is 32.9 Å². The molecule has 3 N–H and O–H groups in total. The fourth-order valence-corrected chi connectivity index (χ4v) is 3.09. The van der Waals surface area contributed by atoms with E-state index < -0.39 is 35.7 Å². The van der Waals surface area contributed by atoms with Gasteiger partial charge in [0.1, 0.15) is 12.1 Å². The zero-order valence-corrected chi connectivity index (χ0v) is 18.8. The van der Waals surface area contributed by atoms with Gasteiger partial charge in [-0.05, 0) is 37.0 Å². The molecule has 0 aliphatic carbocycles. The largest absolute Gasteiger partial charge is 0.344 e. The van der Waals surface area contributed by atoms with Crippen LogP contribution in [0.4, 0.5) is 5.69 Å². The van der Waals surface area contributed by atoms with Crippen LogP contribution in [0, 0.1) is 5.92 Å². The summed E-state index contributed by atoms with van der Waals surface area (Å²) < 4.78 is 0. The van der Waals surface area contributed by atoms with Crippen molar-refractivity contribution in [1.29, 1.82) is 0 Å². The van der Waals surface area contributed by atoms with E-state index in [9.17, 15) is 24.0 Å². The number of nitrogens with zero attached hydrogens (tertiary/aromatic N) is 1. The van der Waals surface area contributed by atoms with E-state index in [1.54, 1.807) is 32.9 Å². The van der Waals surface area contributed by atoms with Crippen molar-refractivity contribution >= 4 is 35.2 Å². The van der Waals surface area contributed by atoms with Crippen LogP contribution in [0.2, 0.25) is 0 Å². The highest BCUT2D eigenvalue weighted by atomic mass is 16.2. The molecule has 1 aliphatic heterocycles. The van der Waals surface area contributed by atoms with Gasteiger partial charge in [-0.15, -0.1) is 0 Å². The maximum atomic E-state index is 12.7. The summed E-state index contributed by atoms with van der Waals surface area (Å²) in [7, 11) is 0. The molecule has 2 rings (SSSR count). The Balaban J connectivity index is 1.87. The Morgan fingerprint density at radius 3 is 2.03 bits per heavy atom. The van der Waals surface area contributed by atoms with Crippen molar-refractivity contribution in [1.82, 2.24) is 15.5 Å². The third-order valence-corrected chi connectivity index (χ3v) is 5.11. The highest BCUT2D eigenvalue weighted by Crippen LogP contribution is 2.11. The van der Waals surface area contributed by atoms with Crippen LogP contribution in [-0.2, 0) is 30.4 Å². The Hall–Kier alpha value is -3.49. The number of carbonyl (C=O) groups is 5. The van der Waals surface area contributed by atoms with Crippen molar-refractivity contribution in [2.75, 3.05) is 11.9 Å². The van der Waals surface area contributed by atoms with Crippen LogP contribution in [0.25, 0.3) is 0 Å². The minimum absolute atomic E-state index is 0.0709. The quantitative estimate of drug-likeness (QED) is 0.469. The number of imide groups is 1. The number of benzene rings is 1. The van der Waals surface area contributed by atoms with E-state index >= 15 is 0 Å². The SMILES string of the molecule is CCc1ccc(NC(=O)[C@H](C)NC(=O)[C@@H](NC(=O)CCN2C(=O)C=CC2=O)C(C)C)cc1. The molecular weight excluding hydrogens is 412 g/mol. The Bertz CT molecular complexity index is 889. The maximum absolute atomic E-state index is 12.7. The highest BCUT2D eigenvalue weighted by Gasteiger charge is 2.28. The lowest BCUT2D eigenvalue weighted by Gasteiger charge is -2.24. The van der Waals surface area contributed by atoms with E-state index in [1.165, 1.54) is 0 Å². The summed E-state index contributed by atoms with van der Waals surface area (Å²) >= 11 is 0. The standard InChI is InChI=1S/C23H30N4O5/c1-5-16-6-8-17(9-7-16)25-22(31)15(4)24-23(32)21(14(2)3)26-18(28)12-13-27-19(29)10-11-20(27)30/h6-11,14-15,21H,5,12-13H2,1-4H3,(H,24,32)(H,25,31)(H,26,28)/t15-,21-/m0/s1. The Morgan fingerprint density at radius 2 is 1.50 bits per heavy atom. The fraction of sp³-hybridized carbons (Fsp3) is 0.435. The third kappa shape index (κ3) is 6.76. The van der Waals surface area contributed by atoms with Crippen LogP contribution >= 0.6 is 0 Å². The van der Waals surface area contributed by atoms with Crippen molar-refractivity contribution in [3.63, 3.8) is 0 Å². The number of hydrogen-bond acceptors (Lipinski definition) is 5. The van der Waals surface area contributed by atoms with Gasteiger partial charge in [0.25, 0.3) is 11.8 Å². The first-order chi connectivity index (χ1) is 15.1. The van der Waals surface area contributed by atoms with Crippen LogP contribution < -0.4 is 16.0 Å². The topological polar surface area (TPSA) is 125 Å². The molecule has 0 spiro atoms. The molecule has 0 saturated heterocycles. The molecule has 0 saturated carbocycles. The van der Waals surface area contributed by atoms with Gasteiger partial charge < -0.3 is 16.0 Å². The smallest absolute Gasteiger partial charge is 0.253 e. The first-order valence-corrected chi connectivity index (χ1v) is 10.7. The molecule has 0 aromatic heterocycles. The lowest BCUT2D eigenvalue weighted by atomic mass is 10.0. The molecule has 5 amide bonds. The molecule has 9 heteroatoms. The zero-order valence-electron chi connectivity index (χ0n) is 18.8. The number of rotatable bonds is 10. The van der Waals surface area contributed by atoms with E-state index in [0.717, 1.165) is 29.0 Å². The van der Waals surface area contributed by atoms with Gasteiger partial charge >= 0.3 is 0 Å². The minimum Gasteiger partial charge on any atom is -0.344 e. The number of hydrogen-bond donors (Lipinski definition) is 3. The summed E-state index contributed by atoms with van der Waals surface area (Å²) in [6.07, 6.45) is 3.06. The Labute approximate surface area is 187 Å². The molecule has 32 heavy (non-hydrogen) atoms. The molecule has 1 aromatic carbocycles. The molecule has 172 valence electrons. The van der Waals surface area contributed by atoms with Gasteiger partial charge in [0, 0.05) is 30.8 Å². The fourth-order valence-electron chi connectivity index (χ4n) is 3.09. The highest BCUT2D eigenvalue weighted by molar-refractivity contribution is 6.13. The molecular formula is C23H30N4O5. The maximum Gasteiger partial charge on any atom is 0.253 e. The van der Waals surface area contributed by atoms with Crippen molar-refractivity contribution in [2.24, 2.45) is 5.92 Å². The van der Waals surface area contributed by atoms with Gasteiger partial charge in [-0.3, -0.25) is 28.9 Å². The lowest BCUT2D eigenvalue weighted by molar-refractivity contribution is -0.137. The van der Waals surface area contributed by atoms with Crippen LogP contribution in [0.15, 0.2) is 36.4 Å². The predicted octanol–water partition coefficient (Wildman–Crippen LogP) is 1.15. The molecule has 0 radical (unpaired) electrons. The molecule has 0 unspecified atom stereocenters. The Morgan fingerprint density at radius 1 is 0.906 bits per heavy atom. The average molecular weight is 443 g/mol. The van der Waals surface area contributed by atoms with Gasteiger partial charge in [0.05, 0.1) is 0 Å². The normalized spacial score (nSPS) is 15.0. The summed E-state index contributed by atoms with van der Waals surface area (Å²) in [6, 6.07) is 5.74. The van der Waals surface area contributed by atoms with Crippen LogP contribution in [0.3, 0.4) is 0 Å². The van der Waals surface area contributed by atoms with E-state index in [0.29, 0.717) is 5.69 Å². The van der Waals surface area contributed by atoms with E-state index in [4.69, 9.17) is 0 Å². The van der Waals surface area contributed by atoms with Gasteiger partial charge in [-0.25, -0.2) is 0 Å². The second-order valence-electron chi connectivity index (χ2n) is 7.97.